The fourth-order valence-electron chi connectivity index (χ4n) is 1.30. The van der Waals surface area contributed by atoms with Crippen LogP contribution in [-0.4, -0.2) is 43.8 Å². The van der Waals surface area contributed by atoms with Gasteiger partial charge in [-0.1, -0.05) is 12.1 Å². The van der Waals surface area contributed by atoms with E-state index in [1.165, 1.54) is 38.2 Å². The molecule has 0 atom stereocenters. The minimum absolute atomic E-state index is 0.0385. The van der Waals surface area contributed by atoms with Crippen molar-refractivity contribution in [3.05, 3.63) is 29.8 Å². The molecule has 0 aliphatic heterocycles. The van der Waals surface area contributed by atoms with Gasteiger partial charge in [-0.2, -0.15) is 4.31 Å². The molecule has 0 radical (unpaired) electrons. The number of carbonyl (C=O) groups excluding carboxylic acids is 1. The van der Waals surface area contributed by atoms with E-state index >= 15 is 0 Å². The molecule has 0 bridgehead atoms. The Morgan fingerprint density at radius 3 is 2.24 bits per heavy atom. The Morgan fingerprint density at radius 1 is 1.29 bits per heavy atom. The number of likely N-dealkylation sites (N-methyl/N-ethyl adjacent to an activating group) is 1. The second-order valence-electron chi connectivity index (χ2n) is 3.63. The molecule has 0 spiro atoms. The van der Waals surface area contributed by atoms with Gasteiger partial charge in [-0.25, -0.2) is 8.42 Å². The number of benzene rings is 1. The fraction of sp³-hybridized carbons (Fsp3) is 0.364. The van der Waals surface area contributed by atoms with E-state index in [0.29, 0.717) is 5.56 Å². The normalized spacial score (nSPS) is 11.8. The van der Waals surface area contributed by atoms with Gasteiger partial charge in [0.15, 0.2) is 5.78 Å². The van der Waals surface area contributed by atoms with Crippen molar-refractivity contribution in [1.82, 2.24) is 4.31 Å². The zero-order valence-electron chi connectivity index (χ0n) is 9.75. The molecule has 0 aromatic heterocycles. The zero-order chi connectivity index (χ0) is 13.1. The number of nitrogens with zero attached hydrogens (tertiary/aromatic N) is 1. The molecule has 1 aromatic rings. The predicted molar refractivity (Wildman–Crippen MR) is 63.3 cm³/mol. The van der Waals surface area contributed by atoms with E-state index < -0.39 is 10.0 Å². The smallest absolute Gasteiger partial charge is 0.242 e. The Labute approximate surface area is 101 Å². The summed E-state index contributed by atoms with van der Waals surface area (Å²) in [5.41, 5.74) is 0.466. The first-order chi connectivity index (χ1) is 7.89. The summed E-state index contributed by atoms with van der Waals surface area (Å²) < 4.78 is 24.9. The molecule has 0 saturated carbocycles. The second kappa shape index (κ2) is 5.39. The van der Waals surface area contributed by atoms with Gasteiger partial charge in [-0.15, -0.1) is 0 Å². The van der Waals surface area contributed by atoms with Gasteiger partial charge < -0.3 is 5.11 Å². The monoisotopic (exact) mass is 257 g/mol. The predicted octanol–water partition coefficient (Wildman–Crippen LogP) is 0.502. The first kappa shape index (κ1) is 13.8. The summed E-state index contributed by atoms with van der Waals surface area (Å²) in [6.07, 6.45) is 0. The van der Waals surface area contributed by atoms with Crippen molar-refractivity contribution in [2.24, 2.45) is 0 Å². The van der Waals surface area contributed by atoms with Gasteiger partial charge in [-0.05, 0) is 19.1 Å². The lowest BCUT2D eigenvalue weighted by atomic mass is 10.2. The molecular weight excluding hydrogens is 242 g/mol. The number of ketones is 1. The van der Waals surface area contributed by atoms with Crippen LogP contribution in [0.25, 0.3) is 0 Å². The molecule has 0 heterocycles. The molecule has 0 unspecified atom stereocenters. The standard InChI is InChI=1S/C11H15NO4S/c1-9(14)10-3-5-11(6-4-10)17(15,16)12(2)7-8-13/h3-6,13H,7-8H2,1-2H3. The lowest BCUT2D eigenvalue weighted by Gasteiger charge is -2.15. The van der Waals surface area contributed by atoms with Gasteiger partial charge in [0, 0.05) is 19.2 Å². The summed E-state index contributed by atoms with van der Waals surface area (Å²) in [5.74, 6) is -0.113. The molecule has 0 amide bonds. The van der Waals surface area contributed by atoms with E-state index in [-0.39, 0.29) is 23.8 Å². The van der Waals surface area contributed by atoms with Crippen LogP contribution in [0.15, 0.2) is 29.2 Å². The van der Waals surface area contributed by atoms with Gasteiger partial charge in [0.25, 0.3) is 0 Å². The third kappa shape index (κ3) is 3.12. The van der Waals surface area contributed by atoms with Crippen molar-refractivity contribution >= 4 is 15.8 Å². The lowest BCUT2D eigenvalue weighted by molar-refractivity contribution is 0.101. The molecule has 0 aliphatic rings. The molecule has 5 nitrogen and oxygen atoms in total. The highest BCUT2D eigenvalue weighted by atomic mass is 32.2. The van der Waals surface area contributed by atoms with Crippen LogP contribution >= 0.6 is 0 Å². The Kier molecular flexibility index (Phi) is 4.39. The van der Waals surface area contributed by atoms with E-state index in [4.69, 9.17) is 5.11 Å². The van der Waals surface area contributed by atoms with Gasteiger partial charge in [-0.3, -0.25) is 4.79 Å². The molecule has 0 aliphatic carbocycles. The molecule has 1 N–H and O–H groups in total. The summed E-state index contributed by atoms with van der Waals surface area (Å²) in [6.45, 7) is 1.22. The fourth-order valence-corrected chi connectivity index (χ4v) is 2.46. The van der Waals surface area contributed by atoms with Gasteiger partial charge in [0.2, 0.25) is 10.0 Å². The van der Waals surface area contributed by atoms with E-state index in [1.807, 2.05) is 0 Å². The van der Waals surface area contributed by atoms with Crippen LogP contribution in [0, 0.1) is 0 Å². The SMILES string of the molecule is CC(=O)c1ccc(S(=O)(=O)N(C)CCO)cc1. The largest absolute Gasteiger partial charge is 0.395 e. The van der Waals surface area contributed by atoms with Crippen molar-refractivity contribution < 1.29 is 18.3 Å². The molecule has 1 rings (SSSR count). The topological polar surface area (TPSA) is 74.7 Å². The van der Waals surface area contributed by atoms with Crippen molar-refractivity contribution in [3.8, 4) is 0 Å². The molecule has 1 aromatic carbocycles. The van der Waals surface area contributed by atoms with Crippen LogP contribution in [0.4, 0.5) is 0 Å². The van der Waals surface area contributed by atoms with Crippen LogP contribution in [-0.2, 0) is 10.0 Å². The summed E-state index contributed by atoms with van der Waals surface area (Å²) >= 11 is 0. The minimum atomic E-state index is -3.58. The average molecular weight is 257 g/mol. The number of carbonyl (C=O) groups is 1. The van der Waals surface area contributed by atoms with Crippen LogP contribution in [0.1, 0.15) is 17.3 Å². The summed E-state index contributed by atoms with van der Waals surface area (Å²) in [7, 11) is -2.19. The number of aliphatic hydroxyl groups is 1. The quantitative estimate of drug-likeness (QED) is 0.780. The number of hydrogen-bond acceptors (Lipinski definition) is 4. The maximum atomic E-state index is 11.9. The zero-order valence-corrected chi connectivity index (χ0v) is 10.6. The van der Waals surface area contributed by atoms with Crippen molar-refractivity contribution in [2.45, 2.75) is 11.8 Å². The van der Waals surface area contributed by atoms with Crippen LogP contribution < -0.4 is 0 Å². The Balaban J connectivity index is 3.04. The maximum absolute atomic E-state index is 11.9. The molecule has 94 valence electrons. The van der Waals surface area contributed by atoms with E-state index in [9.17, 15) is 13.2 Å². The Morgan fingerprint density at radius 2 is 1.82 bits per heavy atom. The van der Waals surface area contributed by atoms with Crippen molar-refractivity contribution in [3.63, 3.8) is 0 Å². The van der Waals surface area contributed by atoms with E-state index in [1.54, 1.807) is 0 Å². The van der Waals surface area contributed by atoms with Gasteiger partial charge in [0.05, 0.1) is 11.5 Å². The van der Waals surface area contributed by atoms with Crippen LogP contribution in [0.3, 0.4) is 0 Å². The summed E-state index contributed by atoms with van der Waals surface area (Å²) in [5, 5.41) is 8.71. The van der Waals surface area contributed by atoms with Crippen molar-refractivity contribution in [2.75, 3.05) is 20.2 Å². The minimum Gasteiger partial charge on any atom is -0.395 e. The maximum Gasteiger partial charge on any atom is 0.242 e. The third-order valence-electron chi connectivity index (χ3n) is 2.38. The molecule has 17 heavy (non-hydrogen) atoms. The first-order valence-electron chi connectivity index (χ1n) is 5.08. The molecule has 6 heteroatoms. The lowest BCUT2D eigenvalue weighted by Crippen LogP contribution is -2.29. The van der Waals surface area contributed by atoms with Crippen LogP contribution in [0.2, 0.25) is 0 Å². The van der Waals surface area contributed by atoms with Gasteiger partial charge in [0.1, 0.15) is 0 Å². The highest BCUT2D eigenvalue weighted by Crippen LogP contribution is 2.15. The first-order valence-corrected chi connectivity index (χ1v) is 6.52. The average Bonchev–Trinajstić information content (AvgIpc) is 2.29. The van der Waals surface area contributed by atoms with Crippen molar-refractivity contribution in [1.29, 1.82) is 0 Å². The number of aliphatic hydroxyl groups excluding tert-OH is 1. The highest BCUT2D eigenvalue weighted by molar-refractivity contribution is 7.89. The van der Waals surface area contributed by atoms with Crippen LogP contribution in [0.5, 0.6) is 0 Å². The molecule has 0 fully saturated rings. The number of sulfonamides is 1. The molecular formula is C11H15NO4S. The Bertz CT molecular complexity index is 493. The van der Waals surface area contributed by atoms with E-state index in [2.05, 4.69) is 0 Å². The Hall–Kier alpha value is -1.24. The third-order valence-corrected chi connectivity index (χ3v) is 4.26. The van der Waals surface area contributed by atoms with Gasteiger partial charge >= 0.3 is 0 Å². The second-order valence-corrected chi connectivity index (χ2v) is 5.68. The number of Topliss-reactive ketones (excluding diaryl/α,β-unsaturated/α-hetero) is 1. The summed E-state index contributed by atoms with van der Waals surface area (Å²) in [4.78, 5) is 11.2. The summed E-state index contributed by atoms with van der Waals surface area (Å²) in [6, 6.07) is 5.73. The number of hydrogen-bond donors (Lipinski definition) is 1. The number of rotatable bonds is 5. The van der Waals surface area contributed by atoms with E-state index in [0.717, 1.165) is 4.31 Å². The molecule has 0 saturated heterocycles. The highest BCUT2D eigenvalue weighted by Gasteiger charge is 2.19.